The molecule has 0 spiro atoms. The van der Waals surface area contributed by atoms with E-state index >= 15 is 0 Å². The summed E-state index contributed by atoms with van der Waals surface area (Å²) in [5.41, 5.74) is 3.49. The van der Waals surface area contributed by atoms with E-state index in [1.807, 2.05) is 6.07 Å². The normalized spacial score (nSPS) is 28.4. The molecule has 0 atom stereocenters. The molecule has 2 fully saturated rings. The minimum Gasteiger partial charge on any atom is -0.236 e. The van der Waals surface area contributed by atoms with Crippen LogP contribution in [0.5, 0.6) is 0 Å². The van der Waals surface area contributed by atoms with Gasteiger partial charge in [-0.1, -0.05) is 44.0 Å². The number of hydrogen-bond acceptors (Lipinski definition) is 0. The van der Waals surface area contributed by atoms with Crippen LogP contribution in [-0.4, -0.2) is 0 Å². The van der Waals surface area contributed by atoms with Gasteiger partial charge < -0.3 is 0 Å². The van der Waals surface area contributed by atoms with Gasteiger partial charge in [0.05, 0.1) is 0 Å². The Morgan fingerprint density at radius 3 is 1.96 bits per heavy atom. The first-order chi connectivity index (χ1) is 12.7. The van der Waals surface area contributed by atoms with Gasteiger partial charge in [-0.15, -0.1) is 17.7 Å². The second kappa shape index (κ2) is 9.79. The summed E-state index contributed by atoms with van der Waals surface area (Å²) in [4.78, 5) is 0. The van der Waals surface area contributed by atoms with Gasteiger partial charge in [-0.25, -0.2) is 4.39 Å². The molecule has 0 aliphatic heterocycles. The third-order valence-electron chi connectivity index (χ3n) is 6.98. The van der Waals surface area contributed by atoms with Crippen molar-refractivity contribution in [3.63, 3.8) is 0 Å². The zero-order chi connectivity index (χ0) is 17.9. The Balaban J connectivity index is 0.00000210. The summed E-state index contributed by atoms with van der Waals surface area (Å²) in [6.07, 6.45) is 11.3. The Morgan fingerprint density at radius 2 is 1.37 bits per heavy atom. The SMILES string of the molecule is CC1CCC(C2CCC(c3ccc(-c4cc[c-]c(F)c4)cc3)CC2)CC1.[Y]. The molecule has 2 aromatic carbocycles. The number of halogens is 1. The molecular formula is C25H30FY-. The fourth-order valence-electron chi connectivity index (χ4n) is 5.25. The zero-order valence-electron chi connectivity index (χ0n) is 16.5. The summed E-state index contributed by atoms with van der Waals surface area (Å²) in [5.74, 6) is 3.35. The van der Waals surface area contributed by atoms with E-state index in [-0.39, 0.29) is 38.5 Å². The van der Waals surface area contributed by atoms with Crippen LogP contribution in [0.25, 0.3) is 11.1 Å². The van der Waals surface area contributed by atoms with Gasteiger partial charge in [-0.2, -0.15) is 12.1 Å². The topological polar surface area (TPSA) is 0 Å². The molecule has 0 N–H and O–H groups in total. The third kappa shape index (κ3) is 5.30. The van der Waals surface area contributed by atoms with Crippen LogP contribution < -0.4 is 0 Å². The molecule has 2 aromatic rings. The van der Waals surface area contributed by atoms with Crippen molar-refractivity contribution < 1.29 is 37.1 Å². The van der Waals surface area contributed by atoms with Crippen LogP contribution in [0.1, 0.15) is 69.8 Å². The van der Waals surface area contributed by atoms with E-state index < -0.39 is 0 Å². The molecule has 0 saturated heterocycles. The van der Waals surface area contributed by atoms with E-state index in [1.54, 1.807) is 12.1 Å². The van der Waals surface area contributed by atoms with Crippen molar-refractivity contribution in [1.82, 2.24) is 0 Å². The van der Waals surface area contributed by atoms with E-state index in [4.69, 9.17) is 0 Å². The van der Waals surface area contributed by atoms with E-state index in [2.05, 4.69) is 37.3 Å². The molecule has 2 saturated carbocycles. The van der Waals surface area contributed by atoms with Gasteiger partial charge in [0.2, 0.25) is 0 Å². The predicted molar refractivity (Wildman–Crippen MR) is 106 cm³/mol. The van der Waals surface area contributed by atoms with Crippen LogP contribution in [0.15, 0.2) is 42.5 Å². The van der Waals surface area contributed by atoms with Crippen LogP contribution in [0, 0.1) is 29.6 Å². The Morgan fingerprint density at radius 1 is 0.778 bits per heavy atom. The van der Waals surface area contributed by atoms with Crippen LogP contribution in [0.3, 0.4) is 0 Å². The maximum absolute atomic E-state index is 13.4. The maximum Gasteiger partial charge on any atom is 0.0114 e. The van der Waals surface area contributed by atoms with E-state index in [0.29, 0.717) is 5.92 Å². The summed E-state index contributed by atoms with van der Waals surface area (Å²) in [7, 11) is 0. The van der Waals surface area contributed by atoms with Crippen molar-refractivity contribution >= 4 is 0 Å². The molecule has 2 aliphatic carbocycles. The molecule has 27 heavy (non-hydrogen) atoms. The molecule has 0 aromatic heterocycles. The molecule has 4 rings (SSSR count). The first-order valence-electron chi connectivity index (χ1n) is 10.5. The standard InChI is InChI=1S/C25H30F.Y/c1-18-5-7-19(8-6-18)20-9-11-21(12-10-20)22-13-15-23(16-14-22)24-3-2-4-25(26)17-24;/h2-3,13-21H,5-12H2,1H3;/q-1;. The molecule has 141 valence electrons. The summed E-state index contributed by atoms with van der Waals surface area (Å²) in [5, 5.41) is 0. The van der Waals surface area contributed by atoms with Crippen molar-refractivity contribution in [3.8, 4) is 11.1 Å². The fraction of sp³-hybridized carbons (Fsp3) is 0.520. The molecule has 0 heterocycles. The van der Waals surface area contributed by atoms with E-state index in [0.717, 1.165) is 28.9 Å². The zero-order valence-corrected chi connectivity index (χ0v) is 19.3. The van der Waals surface area contributed by atoms with E-state index in [9.17, 15) is 4.39 Å². The summed E-state index contributed by atoms with van der Waals surface area (Å²) in [6, 6.07) is 16.5. The smallest absolute Gasteiger partial charge is 0.0114 e. The van der Waals surface area contributed by atoms with Crippen molar-refractivity contribution in [1.29, 1.82) is 0 Å². The molecule has 2 aliphatic rings. The van der Waals surface area contributed by atoms with Gasteiger partial charge >= 0.3 is 0 Å². The molecule has 1 radical (unpaired) electrons. The van der Waals surface area contributed by atoms with Gasteiger partial charge in [0, 0.05) is 38.5 Å². The first kappa shape index (κ1) is 21.2. The van der Waals surface area contributed by atoms with Crippen molar-refractivity contribution in [2.75, 3.05) is 0 Å². The minimum atomic E-state index is -0.290. The van der Waals surface area contributed by atoms with Crippen molar-refractivity contribution in [3.05, 3.63) is 59.9 Å². The number of benzene rings is 2. The average Bonchev–Trinajstić information content (AvgIpc) is 2.69. The van der Waals surface area contributed by atoms with Gasteiger partial charge in [0.25, 0.3) is 0 Å². The Bertz CT molecular complexity index is 707. The van der Waals surface area contributed by atoms with Crippen LogP contribution in [0.4, 0.5) is 4.39 Å². The second-order valence-corrected chi connectivity index (χ2v) is 8.68. The third-order valence-corrected chi connectivity index (χ3v) is 6.98. The maximum atomic E-state index is 13.4. The van der Waals surface area contributed by atoms with Gasteiger partial charge in [0.1, 0.15) is 0 Å². The van der Waals surface area contributed by atoms with Gasteiger partial charge in [-0.05, 0) is 73.3 Å². The quantitative estimate of drug-likeness (QED) is 0.438. The van der Waals surface area contributed by atoms with E-state index in [1.165, 1.54) is 56.9 Å². The number of hydrogen-bond donors (Lipinski definition) is 0. The Kier molecular flexibility index (Phi) is 7.68. The second-order valence-electron chi connectivity index (χ2n) is 8.68. The molecule has 0 bridgehead atoms. The van der Waals surface area contributed by atoms with Gasteiger partial charge in [-0.3, -0.25) is 0 Å². The van der Waals surface area contributed by atoms with Crippen molar-refractivity contribution in [2.45, 2.75) is 64.2 Å². The predicted octanol–water partition coefficient (Wildman–Crippen LogP) is 7.39. The monoisotopic (exact) mass is 438 g/mol. The van der Waals surface area contributed by atoms with Crippen molar-refractivity contribution in [2.24, 2.45) is 17.8 Å². The summed E-state index contributed by atoms with van der Waals surface area (Å²) < 4.78 is 13.4. The molecule has 2 heteroatoms. The Hall–Kier alpha value is -0.526. The number of rotatable bonds is 3. The molecule has 0 nitrogen and oxygen atoms in total. The summed E-state index contributed by atoms with van der Waals surface area (Å²) in [6.45, 7) is 2.42. The first-order valence-corrected chi connectivity index (χ1v) is 10.5. The minimum absolute atomic E-state index is 0. The van der Waals surface area contributed by atoms with Crippen LogP contribution in [0.2, 0.25) is 0 Å². The Labute approximate surface area is 189 Å². The molecule has 0 amide bonds. The van der Waals surface area contributed by atoms with Crippen LogP contribution >= 0.6 is 0 Å². The molecule has 0 unspecified atom stereocenters. The average molecular weight is 438 g/mol. The molecular weight excluding hydrogens is 408 g/mol. The largest absolute Gasteiger partial charge is 0.236 e. The van der Waals surface area contributed by atoms with Crippen LogP contribution in [-0.2, 0) is 32.7 Å². The van der Waals surface area contributed by atoms with Gasteiger partial charge in [0.15, 0.2) is 0 Å². The fourth-order valence-corrected chi connectivity index (χ4v) is 5.25. The summed E-state index contributed by atoms with van der Waals surface area (Å²) >= 11 is 0.